The molecule has 0 spiro atoms. The summed E-state index contributed by atoms with van der Waals surface area (Å²) < 4.78 is 0. The Hall–Kier alpha value is -2.56. The smallest absolute Gasteiger partial charge is 0.226 e. The zero-order valence-electron chi connectivity index (χ0n) is 21.6. The average molecular weight is 474 g/mol. The molecule has 3 aliphatic carbocycles. The first-order valence-electron chi connectivity index (χ1n) is 13.5. The number of fused-ring (bicyclic) bond motifs is 6. The van der Waals surface area contributed by atoms with E-state index in [0.717, 1.165) is 43.2 Å². The predicted molar refractivity (Wildman–Crippen MR) is 138 cm³/mol. The number of nitrogens with zero attached hydrogens (tertiary/aromatic N) is 1. The van der Waals surface area contributed by atoms with Crippen LogP contribution >= 0.6 is 0 Å². The van der Waals surface area contributed by atoms with Gasteiger partial charge in [0.25, 0.3) is 0 Å². The maximum atomic E-state index is 13.6. The number of carbonyl (C=O) groups is 2. The SMILES string of the molecule is CC1=C2N(C)C(=O)CC[C@]2(C)[C@H]2CC[C@]3(C)[C@@H](C(=O)NCc4cccc5cc[nH]c45)CC[C@H]3[C@@H]2C1. The van der Waals surface area contributed by atoms with E-state index in [-0.39, 0.29) is 28.6 Å². The van der Waals surface area contributed by atoms with E-state index in [1.54, 1.807) is 0 Å². The minimum atomic E-state index is 0.0637. The molecule has 2 saturated carbocycles. The van der Waals surface area contributed by atoms with Crippen molar-refractivity contribution in [2.75, 3.05) is 7.05 Å². The summed E-state index contributed by atoms with van der Waals surface area (Å²) in [6.45, 7) is 7.66. The highest BCUT2D eigenvalue weighted by Gasteiger charge is 2.61. The molecule has 35 heavy (non-hydrogen) atoms. The van der Waals surface area contributed by atoms with E-state index in [0.29, 0.717) is 30.7 Å². The Morgan fingerprint density at radius 3 is 2.80 bits per heavy atom. The number of para-hydroxylation sites is 1. The van der Waals surface area contributed by atoms with E-state index in [4.69, 9.17) is 0 Å². The van der Waals surface area contributed by atoms with Gasteiger partial charge in [-0.25, -0.2) is 0 Å². The van der Waals surface area contributed by atoms with Crippen LogP contribution < -0.4 is 5.32 Å². The summed E-state index contributed by atoms with van der Waals surface area (Å²) in [6.07, 6.45) is 9.10. The van der Waals surface area contributed by atoms with Crippen LogP contribution in [0, 0.1) is 34.5 Å². The van der Waals surface area contributed by atoms with Gasteiger partial charge in [0.2, 0.25) is 11.8 Å². The number of rotatable bonds is 3. The number of H-pyrrole nitrogens is 1. The van der Waals surface area contributed by atoms with Crippen molar-refractivity contribution in [3.63, 3.8) is 0 Å². The van der Waals surface area contributed by atoms with Gasteiger partial charge in [-0.3, -0.25) is 9.59 Å². The van der Waals surface area contributed by atoms with Crippen LogP contribution in [0.3, 0.4) is 0 Å². The second-order valence-electron chi connectivity index (χ2n) is 12.3. The largest absolute Gasteiger partial charge is 0.361 e. The van der Waals surface area contributed by atoms with E-state index >= 15 is 0 Å². The Labute approximate surface area is 208 Å². The number of aromatic amines is 1. The van der Waals surface area contributed by atoms with Crippen molar-refractivity contribution in [3.8, 4) is 0 Å². The predicted octanol–water partition coefficient (Wildman–Crippen LogP) is 5.78. The highest BCUT2D eigenvalue weighted by atomic mass is 16.2. The van der Waals surface area contributed by atoms with Crippen LogP contribution in [-0.4, -0.2) is 28.7 Å². The molecule has 3 fully saturated rings. The van der Waals surface area contributed by atoms with Gasteiger partial charge in [0.05, 0.1) is 5.52 Å². The van der Waals surface area contributed by atoms with Gasteiger partial charge in [-0.15, -0.1) is 0 Å². The van der Waals surface area contributed by atoms with Crippen molar-refractivity contribution in [1.82, 2.24) is 15.2 Å². The van der Waals surface area contributed by atoms with Crippen LogP contribution in [0.25, 0.3) is 10.9 Å². The number of amides is 2. The highest BCUT2D eigenvalue weighted by Crippen LogP contribution is 2.66. The molecule has 4 aliphatic rings. The summed E-state index contributed by atoms with van der Waals surface area (Å²) >= 11 is 0. The molecule has 1 saturated heterocycles. The van der Waals surface area contributed by atoms with Crippen LogP contribution in [0.2, 0.25) is 0 Å². The zero-order chi connectivity index (χ0) is 24.5. The van der Waals surface area contributed by atoms with Gasteiger partial charge < -0.3 is 15.2 Å². The van der Waals surface area contributed by atoms with E-state index in [1.807, 2.05) is 18.1 Å². The van der Waals surface area contributed by atoms with E-state index in [9.17, 15) is 9.59 Å². The van der Waals surface area contributed by atoms with Crippen LogP contribution in [-0.2, 0) is 16.1 Å². The fourth-order valence-electron chi connectivity index (χ4n) is 9.14. The molecule has 0 bridgehead atoms. The molecule has 6 rings (SSSR count). The third-order valence-corrected chi connectivity index (χ3v) is 10.8. The topological polar surface area (TPSA) is 65.2 Å². The third-order valence-electron chi connectivity index (χ3n) is 10.8. The number of aromatic nitrogens is 1. The van der Waals surface area contributed by atoms with Crippen molar-refractivity contribution < 1.29 is 9.59 Å². The molecule has 2 amide bonds. The molecule has 186 valence electrons. The molecule has 2 heterocycles. The van der Waals surface area contributed by atoms with E-state index in [2.05, 4.69) is 55.3 Å². The van der Waals surface area contributed by atoms with Crippen LogP contribution in [0.5, 0.6) is 0 Å². The summed E-state index contributed by atoms with van der Waals surface area (Å²) in [7, 11) is 1.98. The molecular formula is C30H39N3O2. The molecule has 1 aromatic carbocycles. The van der Waals surface area contributed by atoms with E-state index in [1.165, 1.54) is 23.1 Å². The number of hydrogen-bond donors (Lipinski definition) is 2. The van der Waals surface area contributed by atoms with Crippen molar-refractivity contribution in [1.29, 1.82) is 0 Å². The molecule has 2 aromatic rings. The standard InChI is InChI=1S/C30H39N3O2/c1-18-16-21-22-8-9-24(28(35)32-17-20-7-5-6-19-12-15-31-26(19)20)29(22,2)13-10-23(21)30(3)14-11-25(34)33(4)27(18)30/h5-7,12,15,21-24,31H,8-11,13-14,16-17H2,1-4H3,(H,32,35)/t21-,22-,23-,24+,29-,30+/m0/s1. The average Bonchev–Trinajstić information content (AvgIpc) is 3.45. The van der Waals surface area contributed by atoms with Crippen molar-refractivity contribution in [3.05, 3.63) is 47.3 Å². The number of nitrogens with one attached hydrogen (secondary N) is 2. The molecule has 2 N–H and O–H groups in total. The van der Waals surface area contributed by atoms with Gasteiger partial charge in [-0.2, -0.15) is 0 Å². The number of hydrogen-bond acceptors (Lipinski definition) is 2. The third kappa shape index (κ3) is 3.26. The number of piperidine rings is 1. The Morgan fingerprint density at radius 1 is 1.14 bits per heavy atom. The lowest BCUT2D eigenvalue weighted by atomic mass is 9.48. The van der Waals surface area contributed by atoms with Gasteiger partial charge >= 0.3 is 0 Å². The monoisotopic (exact) mass is 473 g/mol. The highest BCUT2D eigenvalue weighted by molar-refractivity contribution is 5.84. The lowest BCUT2D eigenvalue weighted by Crippen LogP contribution is -2.55. The van der Waals surface area contributed by atoms with Crippen LogP contribution in [0.1, 0.15) is 71.3 Å². The first-order valence-corrected chi connectivity index (χ1v) is 13.5. The minimum absolute atomic E-state index is 0.0637. The normalized spacial score (nSPS) is 36.7. The number of likely N-dealkylation sites (tertiary alicyclic amines) is 1. The first-order chi connectivity index (χ1) is 16.7. The van der Waals surface area contributed by atoms with Gasteiger partial charge in [0.15, 0.2) is 0 Å². The van der Waals surface area contributed by atoms with Gasteiger partial charge in [0.1, 0.15) is 0 Å². The molecule has 5 heteroatoms. The number of benzene rings is 1. The quantitative estimate of drug-likeness (QED) is 0.594. The molecular weight excluding hydrogens is 434 g/mol. The zero-order valence-corrected chi connectivity index (χ0v) is 21.6. The second kappa shape index (κ2) is 7.97. The number of carbonyl (C=O) groups excluding carboxylic acids is 2. The van der Waals surface area contributed by atoms with Crippen molar-refractivity contribution >= 4 is 22.7 Å². The van der Waals surface area contributed by atoms with E-state index < -0.39 is 0 Å². The maximum Gasteiger partial charge on any atom is 0.226 e. The Morgan fingerprint density at radius 2 is 1.97 bits per heavy atom. The Kier molecular flexibility index (Phi) is 5.21. The molecule has 1 aromatic heterocycles. The maximum absolute atomic E-state index is 13.6. The summed E-state index contributed by atoms with van der Waals surface area (Å²) in [4.78, 5) is 31.4. The van der Waals surface area contributed by atoms with Crippen LogP contribution in [0.15, 0.2) is 41.7 Å². The summed E-state index contributed by atoms with van der Waals surface area (Å²) in [5.41, 5.74) is 5.13. The Balaban J connectivity index is 1.22. The fraction of sp³-hybridized carbons (Fsp3) is 0.600. The second-order valence-corrected chi connectivity index (χ2v) is 12.3. The van der Waals surface area contributed by atoms with Gasteiger partial charge in [0, 0.05) is 43.2 Å². The van der Waals surface area contributed by atoms with Gasteiger partial charge in [-0.1, -0.05) is 37.6 Å². The fourth-order valence-corrected chi connectivity index (χ4v) is 9.14. The minimum Gasteiger partial charge on any atom is -0.361 e. The first kappa shape index (κ1) is 22.9. The summed E-state index contributed by atoms with van der Waals surface area (Å²) in [5.74, 6) is 2.40. The number of allylic oxidation sites excluding steroid dienone is 2. The van der Waals surface area contributed by atoms with Crippen molar-refractivity contribution in [2.45, 2.75) is 72.3 Å². The lowest BCUT2D eigenvalue weighted by molar-refractivity contribution is -0.138. The molecule has 0 unspecified atom stereocenters. The van der Waals surface area contributed by atoms with Crippen LogP contribution in [0.4, 0.5) is 0 Å². The molecule has 6 atom stereocenters. The van der Waals surface area contributed by atoms with Crippen molar-refractivity contribution in [2.24, 2.45) is 34.5 Å². The van der Waals surface area contributed by atoms with Gasteiger partial charge in [-0.05, 0) is 85.6 Å². The Bertz CT molecular complexity index is 1230. The lowest BCUT2D eigenvalue weighted by Gasteiger charge is -2.59. The summed E-state index contributed by atoms with van der Waals surface area (Å²) in [6, 6.07) is 8.35. The molecule has 0 radical (unpaired) electrons. The molecule has 5 nitrogen and oxygen atoms in total. The summed E-state index contributed by atoms with van der Waals surface area (Å²) in [5, 5.41) is 4.50. The molecule has 1 aliphatic heterocycles.